The van der Waals surface area contributed by atoms with Gasteiger partial charge in [0.25, 0.3) is 5.91 Å². The molecule has 19 heavy (non-hydrogen) atoms. The Kier molecular flexibility index (Phi) is 3.56. The summed E-state index contributed by atoms with van der Waals surface area (Å²) in [5, 5.41) is 3.69. The molecule has 2 heterocycles. The summed E-state index contributed by atoms with van der Waals surface area (Å²) < 4.78 is 38.7. The molecule has 2 rings (SSSR count). The number of likely N-dealkylation sites (tertiary alicyclic amines) is 1. The van der Waals surface area contributed by atoms with Crippen LogP contribution in [0.2, 0.25) is 0 Å². The van der Waals surface area contributed by atoms with Crippen LogP contribution in [-0.4, -0.2) is 33.2 Å². The summed E-state index contributed by atoms with van der Waals surface area (Å²) in [6, 6.07) is 0.876. The van der Waals surface area contributed by atoms with Crippen LogP contribution in [-0.2, 0) is 13.2 Å². The van der Waals surface area contributed by atoms with Crippen LogP contribution < -0.4 is 0 Å². The van der Waals surface area contributed by atoms with Crippen molar-refractivity contribution in [3.05, 3.63) is 17.5 Å². The number of aryl methyl sites for hydroxylation is 1. The Morgan fingerprint density at radius 2 is 2.11 bits per heavy atom. The van der Waals surface area contributed by atoms with Gasteiger partial charge in [0.15, 0.2) is 5.69 Å². The third kappa shape index (κ3) is 2.74. The lowest BCUT2D eigenvalue weighted by molar-refractivity contribution is -0.143. The van der Waals surface area contributed by atoms with Gasteiger partial charge in [-0.2, -0.15) is 18.3 Å². The molecule has 4 nitrogen and oxygen atoms in total. The number of aromatic nitrogens is 2. The minimum Gasteiger partial charge on any atom is -0.335 e. The average molecular weight is 275 g/mol. The molecule has 0 spiro atoms. The zero-order chi connectivity index (χ0) is 14.2. The Morgan fingerprint density at radius 3 is 2.63 bits per heavy atom. The fourth-order valence-electron chi connectivity index (χ4n) is 2.38. The summed E-state index contributed by atoms with van der Waals surface area (Å²) in [4.78, 5) is 13.8. The first kappa shape index (κ1) is 13.9. The largest absolute Gasteiger partial charge is 0.433 e. The number of alkyl halides is 3. The molecule has 1 amide bonds. The lowest BCUT2D eigenvalue weighted by Gasteiger charge is -2.32. The Balaban J connectivity index is 2.25. The van der Waals surface area contributed by atoms with Gasteiger partial charge in [0.05, 0.1) is 0 Å². The maximum Gasteiger partial charge on any atom is 0.433 e. The molecule has 0 N–H and O–H groups in total. The maximum atomic E-state index is 12.7. The summed E-state index contributed by atoms with van der Waals surface area (Å²) in [6.07, 6.45) is -1.69. The predicted octanol–water partition coefficient (Wildman–Crippen LogP) is 2.45. The van der Waals surface area contributed by atoms with E-state index in [0.717, 1.165) is 25.3 Å². The Hall–Kier alpha value is -1.53. The number of hydrogen-bond acceptors (Lipinski definition) is 2. The van der Waals surface area contributed by atoms with E-state index >= 15 is 0 Å². The van der Waals surface area contributed by atoms with Crippen molar-refractivity contribution < 1.29 is 18.0 Å². The second-order valence-corrected chi connectivity index (χ2v) is 4.88. The van der Waals surface area contributed by atoms with E-state index in [1.165, 1.54) is 7.05 Å². The van der Waals surface area contributed by atoms with Gasteiger partial charge in [-0.15, -0.1) is 0 Å². The van der Waals surface area contributed by atoms with E-state index in [9.17, 15) is 18.0 Å². The van der Waals surface area contributed by atoms with E-state index < -0.39 is 17.8 Å². The molecule has 7 heteroatoms. The number of nitrogens with zero attached hydrogens (tertiary/aromatic N) is 3. The molecular formula is C12H16F3N3O. The van der Waals surface area contributed by atoms with Crippen molar-refractivity contribution in [1.29, 1.82) is 0 Å². The first-order valence-electron chi connectivity index (χ1n) is 6.23. The van der Waals surface area contributed by atoms with E-state index in [-0.39, 0.29) is 11.7 Å². The molecule has 0 saturated carbocycles. The highest BCUT2D eigenvalue weighted by Crippen LogP contribution is 2.30. The smallest absolute Gasteiger partial charge is 0.335 e. The van der Waals surface area contributed by atoms with Crippen LogP contribution in [0.3, 0.4) is 0 Å². The predicted molar refractivity (Wildman–Crippen MR) is 62.6 cm³/mol. The van der Waals surface area contributed by atoms with Crippen LogP contribution in [0.4, 0.5) is 13.2 Å². The van der Waals surface area contributed by atoms with E-state index in [4.69, 9.17) is 0 Å². The molecular weight excluding hydrogens is 259 g/mol. The molecule has 1 fully saturated rings. The second kappa shape index (κ2) is 4.86. The summed E-state index contributed by atoms with van der Waals surface area (Å²) in [6.45, 7) is 2.49. The highest BCUT2D eigenvalue weighted by atomic mass is 19.4. The van der Waals surface area contributed by atoms with E-state index in [1.54, 1.807) is 4.90 Å². The third-order valence-electron chi connectivity index (χ3n) is 3.45. The highest BCUT2D eigenvalue weighted by Gasteiger charge is 2.36. The maximum absolute atomic E-state index is 12.7. The molecule has 1 aromatic rings. The fourth-order valence-corrected chi connectivity index (χ4v) is 2.38. The Labute approximate surface area is 109 Å². The number of carbonyl (C=O) groups is 1. The molecule has 1 aliphatic heterocycles. The first-order chi connectivity index (χ1) is 8.80. The molecule has 106 valence electrons. The zero-order valence-electron chi connectivity index (χ0n) is 10.9. The molecule has 0 aliphatic carbocycles. The van der Waals surface area contributed by atoms with Gasteiger partial charge >= 0.3 is 6.18 Å². The monoisotopic (exact) mass is 275 g/mol. The third-order valence-corrected chi connectivity index (χ3v) is 3.45. The van der Waals surface area contributed by atoms with Crippen molar-refractivity contribution >= 4 is 5.91 Å². The van der Waals surface area contributed by atoms with Crippen LogP contribution in [0.5, 0.6) is 0 Å². The first-order valence-corrected chi connectivity index (χ1v) is 6.23. The molecule has 0 radical (unpaired) electrons. The highest BCUT2D eigenvalue weighted by molar-refractivity contribution is 5.92. The van der Waals surface area contributed by atoms with Gasteiger partial charge in [-0.1, -0.05) is 0 Å². The normalized spacial score (nSPS) is 20.7. The van der Waals surface area contributed by atoms with Gasteiger partial charge in [-0.05, 0) is 26.2 Å². The van der Waals surface area contributed by atoms with Gasteiger partial charge in [0, 0.05) is 25.7 Å². The van der Waals surface area contributed by atoms with Gasteiger partial charge in [-0.25, -0.2) is 0 Å². The van der Waals surface area contributed by atoms with E-state index in [1.807, 2.05) is 6.92 Å². The zero-order valence-corrected chi connectivity index (χ0v) is 10.9. The topological polar surface area (TPSA) is 38.1 Å². The van der Waals surface area contributed by atoms with Crippen molar-refractivity contribution in [2.45, 2.75) is 38.4 Å². The lowest BCUT2D eigenvalue weighted by atomic mass is 10.0. The molecule has 1 atom stereocenters. The van der Waals surface area contributed by atoms with Gasteiger partial charge in [0.2, 0.25) is 0 Å². The summed E-state index contributed by atoms with van der Waals surface area (Å²) in [5.41, 5.74) is -1.04. The molecule has 1 unspecified atom stereocenters. The van der Waals surface area contributed by atoms with E-state index in [2.05, 4.69) is 5.10 Å². The summed E-state index contributed by atoms with van der Waals surface area (Å²) in [7, 11) is 1.19. The minimum atomic E-state index is -4.49. The standard InChI is InChI=1S/C12H16F3N3O/c1-8-5-3-4-6-18(8)11(19)9-7-10(12(13,14)15)17(2)16-9/h7-8H,3-6H2,1-2H3. The molecule has 1 aliphatic rings. The number of piperidine rings is 1. The van der Waals surface area contributed by atoms with Crippen LogP contribution >= 0.6 is 0 Å². The van der Waals surface area contributed by atoms with Crippen LogP contribution in [0.25, 0.3) is 0 Å². The van der Waals surface area contributed by atoms with Crippen LogP contribution in [0.1, 0.15) is 42.4 Å². The van der Waals surface area contributed by atoms with Crippen molar-refractivity contribution in [2.24, 2.45) is 7.05 Å². The van der Waals surface area contributed by atoms with Gasteiger partial charge < -0.3 is 4.90 Å². The Bertz CT molecular complexity index is 481. The average Bonchev–Trinajstić information content (AvgIpc) is 2.71. The second-order valence-electron chi connectivity index (χ2n) is 4.88. The van der Waals surface area contributed by atoms with Crippen LogP contribution in [0, 0.1) is 0 Å². The van der Waals surface area contributed by atoms with Gasteiger partial charge in [0.1, 0.15) is 5.69 Å². The van der Waals surface area contributed by atoms with E-state index in [0.29, 0.717) is 11.2 Å². The number of rotatable bonds is 1. The number of amides is 1. The quantitative estimate of drug-likeness (QED) is 0.789. The van der Waals surface area contributed by atoms with Gasteiger partial charge in [-0.3, -0.25) is 9.48 Å². The summed E-state index contributed by atoms with van der Waals surface area (Å²) in [5.74, 6) is -0.418. The minimum absolute atomic E-state index is 0.0533. The number of carbonyl (C=O) groups excluding carboxylic acids is 1. The lowest BCUT2D eigenvalue weighted by Crippen LogP contribution is -2.42. The Morgan fingerprint density at radius 1 is 1.42 bits per heavy atom. The number of halogens is 3. The molecule has 0 aromatic carbocycles. The van der Waals surface area contributed by atoms with Crippen molar-refractivity contribution in [3.63, 3.8) is 0 Å². The number of hydrogen-bond donors (Lipinski definition) is 0. The van der Waals surface area contributed by atoms with Crippen LogP contribution in [0.15, 0.2) is 6.07 Å². The fraction of sp³-hybridized carbons (Fsp3) is 0.667. The van der Waals surface area contributed by atoms with Crippen molar-refractivity contribution in [3.8, 4) is 0 Å². The molecule has 1 aromatic heterocycles. The molecule has 1 saturated heterocycles. The van der Waals surface area contributed by atoms with Crippen molar-refractivity contribution in [1.82, 2.24) is 14.7 Å². The summed E-state index contributed by atoms with van der Waals surface area (Å²) >= 11 is 0. The SMILES string of the molecule is CC1CCCCN1C(=O)c1cc(C(F)(F)F)n(C)n1. The van der Waals surface area contributed by atoms with Crippen molar-refractivity contribution in [2.75, 3.05) is 6.54 Å². The molecule has 0 bridgehead atoms.